The molecule has 1 aliphatic rings. The number of nitrogens with one attached hydrogen (secondary N) is 1. The van der Waals surface area contributed by atoms with Crippen LogP contribution in [0.1, 0.15) is 24.0 Å². The summed E-state index contributed by atoms with van der Waals surface area (Å²) in [4.78, 5) is 25.1. The summed E-state index contributed by atoms with van der Waals surface area (Å²) in [6, 6.07) is 8.48. The zero-order valence-electron chi connectivity index (χ0n) is 11.8. The topological polar surface area (TPSA) is 75.4 Å². The second-order valence-corrected chi connectivity index (χ2v) is 5.22. The Balaban J connectivity index is 1.94. The highest BCUT2D eigenvalue weighted by atomic mass is 16.2. The number of carbonyl (C=O) groups excluding carboxylic acids is 2. The van der Waals surface area contributed by atoms with Crippen molar-refractivity contribution < 1.29 is 9.59 Å². The number of amides is 2. The fourth-order valence-electron chi connectivity index (χ4n) is 2.05. The summed E-state index contributed by atoms with van der Waals surface area (Å²) < 4.78 is 0. The van der Waals surface area contributed by atoms with Gasteiger partial charge in [0, 0.05) is 12.6 Å². The number of hydrogen-bond acceptors (Lipinski definition) is 3. The molecule has 1 aromatic rings. The maximum atomic E-state index is 12.2. The standard InChI is InChI=1S/C15H21N3O2/c1-11-2-4-12(5-3-11)10-18(13-6-7-13)15(20)9-17-14(19)8-16/h2-5,13H,6-10,16H2,1H3,(H,17,19). The molecule has 2 amide bonds. The summed E-state index contributed by atoms with van der Waals surface area (Å²) in [5.74, 6) is -0.348. The average molecular weight is 275 g/mol. The van der Waals surface area contributed by atoms with E-state index in [2.05, 4.69) is 5.32 Å². The molecule has 108 valence electrons. The van der Waals surface area contributed by atoms with Crippen molar-refractivity contribution in [1.82, 2.24) is 10.2 Å². The zero-order valence-corrected chi connectivity index (χ0v) is 11.8. The fourth-order valence-corrected chi connectivity index (χ4v) is 2.05. The molecule has 0 aromatic heterocycles. The third-order valence-electron chi connectivity index (χ3n) is 3.40. The van der Waals surface area contributed by atoms with E-state index in [9.17, 15) is 9.59 Å². The molecule has 1 fully saturated rings. The predicted molar refractivity (Wildman–Crippen MR) is 76.8 cm³/mol. The van der Waals surface area contributed by atoms with Crippen molar-refractivity contribution in [3.8, 4) is 0 Å². The Hall–Kier alpha value is -1.88. The second kappa shape index (κ2) is 6.52. The van der Waals surface area contributed by atoms with Crippen LogP contribution in [0, 0.1) is 6.92 Å². The van der Waals surface area contributed by atoms with Gasteiger partial charge in [-0.1, -0.05) is 29.8 Å². The Morgan fingerprint density at radius 2 is 1.95 bits per heavy atom. The van der Waals surface area contributed by atoms with Crippen molar-refractivity contribution in [3.63, 3.8) is 0 Å². The quantitative estimate of drug-likeness (QED) is 0.796. The molecular weight excluding hydrogens is 254 g/mol. The first kappa shape index (κ1) is 14.5. The number of carbonyl (C=O) groups is 2. The van der Waals surface area contributed by atoms with Crippen LogP contribution >= 0.6 is 0 Å². The number of nitrogens with zero attached hydrogens (tertiary/aromatic N) is 1. The Labute approximate surface area is 119 Å². The first-order valence-corrected chi connectivity index (χ1v) is 6.92. The van der Waals surface area contributed by atoms with E-state index in [1.165, 1.54) is 5.56 Å². The van der Waals surface area contributed by atoms with Crippen LogP contribution in [0.2, 0.25) is 0 Å². The van der Waals surface area contributed by atoms with Crippen LogP contribution < -0.4 is 11.1 Å². The van der Waals surface area contributed by atoms with E-state index in [1.54, 1.807) is 0 Å². The lowest BCUT2D eigenvalue weighted by Crippen LogP contribution is -2.42. The lowest BCUT2D eigenvalue weighted by Gasteiger charge is -2.23. The van der Waals surface area contributed by atoms with Gasteiger partial charge in [-0.15, -0.1) is 0 Å². The van der Waals surface area contributed by atoms with E-state index >= 15 is 0 Å². The van der Waals surface area contributed by atoms with Gasteiger partial charge < -0.3 is 16.0 Å². The van der Waals surface area contributed by atoms with Crippen molar-refractivity contribution in [2.75, 3.05) is 13.1 Å². The molecule has 1 saturated carbocycles. The molecule has 20 heavy (non-hydrogen) atoms. The molecule has 2 rings (SSSR count). The van der Waals surface area contributed by atoms with E-state index in [0.717, 1.165) is 18.4 Å². The molecule has 0 bridgehead atoms. The van der Waals surface area contributed by atoms with Gasteiger partial charge in [-0.3, -0.25) is 9.59 Å². The van der Waals surface area contributed by atoms with Crippen molar-refractivity contribution in [2.45, 2.75) is 32.4 Å². The molecule has 1 aliphatic carbocycles. The van der Waals surface area contributed by atoms with E-state index < -0.39 is 0 Å². The normalized spacial score (nSPS) is 13.9. The summed E-state index contributed by atoms with van der Waals surface area (Å²) >= 11 is 0. The van der Waals surface area contributed by atoms with Crippen LogP contribution in [-0.2, 0) is 16.1 Å². The van der Waals surface area contributed by atoms with Gasteiger partial charge in [0.05, 0.1) is 13.1 Å². The molecule has 0 spiro atoms. The highest BCUT2D eigenvalue weighted by Crippen LogP contribution is 2.28. The molecule has 0 radical (unpaired) electrons. The van der Waals surface area contributed by atoms with Crippen LogP contribution in [0.25, 0.3) is 0 Å². The zero-order chi connectivity index (χ0) is 14.5. The molecular formula is C15H21N3O2. The molecule has 0 unspecified atom stereocenters. The van der Waals surface area contributed by atoms with Gasteiger partial charge in [-0.2, -0.15) is 0 Å². The van der Waals surface area contributed by atoms with E-state index in [0.29, 0.717) is 12.6 Å². The number of rotatable bonds is 6. The highest BCUT2D eigenvalue weighted by Gasteiger charge is 2.32. The van der Waals surface area contributed by atoms with Gasteiger partial charge in [-0.05, 0) is 25.3 Å². The molecule has 0 heterocycles. The lowest BCUT2D eigenvalue weighted by atomic mass is 10.1. The second-order valence-electron chi connectivity index (χ2n) is 5.22. The summed E-state index contributed by atoms with van der Waals surface area (Å²) in [5.41, 5.74) is 7.52. The summed E-state index contributed by atoms with van der Waals surface area (Å²) in [7, 11) is 0. The van der Waals surface area contributed by atoms with Gasteiger partial charge in [0.2, 0.25) is 11.8 Å². The molecule has 3 N–H and O–H groups in total. The molecule has 0 aliphatic heterocycles. The third kappa shape index (κ3) is 4.06. The SMILES string of the molecule is Cc1ccc(CN(C(=O)CNC(=O)CN)C2CC2)cc1. The predicted octanol–water partition coefficient (Wildman–Crippen LogP) is 0.561. The van der Waals surface area contributed by atoms with Crippen molar-refractivity contribution >= 4 is 11.8 Å². The van der Waals surface area contributed by atoms with Crippen LogP contribution in [0.4, 0.5) is 0 Å². The van der Waals surface area contributed by atoms with Gasteiger partial charge in [0.15, 0.2) is 0 Å². The minimum atomic E-state index is -0.301. The minimum Gasteiger partial charge on any atom is -0.346 e. The first-order chi connectivity index (χ1) is 9.60. The molecule has 0 atom stereocenters. The summed E-state index contributed by atoms with van der Waals surface area (Å²) in [6.45, 7) is 2.57. The van der Waals surface area contributed by atoms with Crippen molar-refractivity contribution in [2.24, 2.45) is 5.73 Å². The van der Waals surface area contributed by atoms with Crippen molar-refractivity contribution in [1.29, 1.82) is 0 Å². The lowest BCUT2D eigenvalue weighted by molar-refractivity contribution is -0.133. The maximum Gasteiger partial charge on any atom is 0.242 e. The van der Waals surface area contributed by atoms with Gasteiger partial charge in [-0.25, -0.2) is 0 Å². The van der Waals surface area contributed by atoms with Gasteiger partial charge in [0.25, 0.3) is 0 Å². The van der Waals surface area contributed by atoms with Crippen LogP contribution in [0.3, 0.4) is 0 Å². The van der Waals surface area contributed by atoms with E-state index in [-0.39, 0.29) is 24.9 Å². The van der Waals surface area contributed by atoms with Crippen LogP contribution in [-0.4, -0.2) is 35.8 Å². The molecule has 0 saturated heterocycles. The Kier molecular flexibility index (Phi) is 4.74. The monoisotopic (exact) mass is 275 g/mol. The average Bonchev–Trinajstić information content (AvgIpc) is 3.28. The number of benzene rings is 1. The highest BCUT2D eigenvalue weighted by molar-refractivity contribution is 5.85. The van der Waals surface area contributed by atoms with E-state index in [4.69, 9.17) is 5.73 Å². The van der Waals surface area contributed by atoms with Gasteiger partial charge >= 0.3 is 0 Å². The molecule has 5 heteroatoms. The fraction of sp³-hybridized carbons (Fsp3) is 0.467. The smallest absolute Gasteiger partial charge is 0.242 e. The van der Waals surface area contributed by atoms with Crippen molar-refractivity contribution in [3.05, 3.63) is 35.4 Å². The largest absolute Gasteiger partial charge is 0.346 e. The summed E-state index contributed by atoms with van der Waals surface area (Å²) in [5, 5.41) is 2.53. The number of hydrogen-bond donors (Lipinski definition) is 2. The maximum absolute atomic E-state index is 12.2. The Bertz CT molecular complexity index is 480. The first-order valence-electron chi connectivity index (χ1n) is 6.92. The van der Waals surface area contributed by atoms with Crippen LogP contribution in [0.15, 0.2) is 24.3 Å². The number of aryl methyl sites for hydroxylation is 1. The summed E-state index contributed by atoms with van der Waals surface area (Å²) in [6.07, 6.45) is 2.09. The molecule has 1 aromatic carbocycles. The van der Waals surface area contributed by atoms with E-state index in [1.807, 2.05) is 36.1 Å². The van der Waals surface area contributed by atoms with Crippen LogP contribution in [0.5, 0.6) is 0 Å². The third-order valence-corrected chi connectivity index (χ3v) is 3.40. The molecule has 5 nitrogen and oxygen atoms in total. The van der Waals surface area contributed by atoms with Gasteiger partial charge in [0.1, 0.15) is 0 Å². The minimum absolute atomic E-state index is 0.0262. The Morgan fingerprint density at radius 1 is 1.30 bits per heavy atom. The number of nitrogens with two attached hydrogens (primary N) is 1. The Morgan fingerprint density at radius 3 is 2.50 bits per heavy atom.